The van der Waals surface area contributed by atoms with E-state index in [9.17, 15) is 4.79 Å². The molecule has 0 spiro atoms. The summed E-state index contributed by atoms with van der Waals surface area (Å²) in [4.78, 5) is 25.1. The maximum atomic E-state index is 10.2. The van der Waals surface area contributed by atoms with Crippen LogP contribution in [0.15, 0.2) is 0 Å². The smallest absolute Gasteiger partial charge is 0.320 e. The third-order valence-electron chi connectivity index (χ3n) is 1.32. The number of carboxylic acid groups (broad SMARTS) is 1. The molecule has 16 heavy (non-hydrogen) atoms. The average molecular weight is 255 g/mol. The lowest BCUT2D eigenvalue weighted by atomic mass is 10.2. The molecule has 0 bridgehead atoms. The van der Waals surface area contributed by atoms with Crippen molar-refractivity contribution >= 4 is 20.5 Å². The van der Waals surface area contributed by atoms with E-state index in [2.05, 4.69) is 10.8 Å². The van der Waals surface area contributed by atoms with E-state index in [0.717, 1.165) is 0 Å². The summed E-state index contributed by atoms with van der Waals surface area (Å²) in [6.07, 6.45) is 0.975. The monoisotopic (exact) mass is 255 g/mol. The maximum Gasteiger partial charge on any atom is 0.320 e. The van der Waals surface area contributed by atoms with Crippen LogP contribution in [0.5, 0.6) is 0 Å². The quantitative estimate of drug-likeness (QED) is 0.117. The molecule has 0 aliphatic rings. The van der Waals surface area contributed by atoms with E-state index in [1.54, 1.807) is 0 Å². The van der Waals surface area contributed by atoms with E-state index in [-0.39, 0.29) is 5.96 Å². The van der Waals surface area contributed by atoms with Crippen LogP contribution in [0.4, 0.5) is 0 Å². The highest BCUT2D eigenvalue weighted by atomic mass is 31.2. The summed E-state index contributed by atoms with van der Waals surface area (Å²) in [6.45, 7) is 0.482. The highest BCUT2D eigenvalue weighted by Gasteiger charge is 2.09. The summed E-state index contributed by atoms with van der Waals surface area (Å²) in [7, 11) is -2.12. The minimum atomic E-state index is -2.12. The number of aliphatic carboxylic acids is 1. The summed E-state index contributed by atoms with van der Waals surface area (Å²) in [5, 5.41) is 17.7. The van der Waals surface area contributed by atoms with Crippen molar-refractivity contribution < 1.29 is 19.7 Å². The van der Waals surface area contributed by atoms with Crippen molar-refractivity contribution in [2.45, 2.75) is 18.9 Å². The van der Waals surface area contributed by atoms with Gasteiger partial charge >= 0.3 is 5.97 Å². The van der Waals surface area contributed by atoms with Gasteiger partial charge in [0.05, 0.1) is 0 Å². The molecular formula is C6H18N5O4P. The summed E-state index contributed by atoms with van der Waals surface area (Å²) in [5.41, 5.74) is 14.5. The standard InChI is InChI=1S/C6H14N4O2.H4NO2P/c7-4(5(11)12)2-1-3-10-6(8)9;1-4(2)3/h4H,1-3,7H2,(H,11,12)(H4,8,9,10);2-3H,1H2/t4-;/m0./s1. The lowest BCUT2D eigenvalue weighted by molar-refractivity contribution is -0.138. The average Bonchev–Trinajstić information content (AvgIpc) is 2.10. The van der Waals surface area contributed by atoms with Crippen LogP contribution >= 0.6 is 8.53 Å². The van der Waals surface area contributed by atoms with Crippen molar-refractivity contribution in [1.82, 2.24) is 5.32 Å². The van der Waals surface area contributed by atoms with E-state index in [1.807, 2.05) is 0 Å². The number of hydrogen-bond acceptors (Lipinski definition) is 6. The number of carbonyl (C=O) groups is 1. The number of guanidine groups is 1. The largest absolute Gasteiger partial charge is 0.480 e. The molecule has 10 heteroatoms. The Morgan fingerprint density at radius 2 is 1.94 bits per heavy atom. The topological polar surface area (TPSA) is 192 Å². The van der Waals surface area contributed by atoms with Gasteiger partial charge in [0, 0.05) is 6.54 Å². The first-order chi connectivity index (χ1) is 7.27. The van der Waals surface area contributed by atoms with Crippen molar-refractivity contribution in [2.75, 3.05) is 6.54 Å². The Morgan fingerprint density at radius 1 is 1.50 bits per heavy atom. The van der Waals surface area contributed by atoms with Crippen LogP contribution in [0.25, 0.3) is 0 Å². The van der Waals surface area contributed by atoms with Crippen LogP contribution < -0.4 is 22.3 Å². The molecule has 0 amide bonds. The highest BCUT2D eigenvalue weighted by molar-refractivity contribution is 7.42. The second-order valence-corrected chi connectivity index (χ2v) is 3.39. The van der Waals surface area contributed by atoms with Gasteiger partial charge in [0.2, 0.25) is 8.53 Å². The number of hydrogen-bond donors (Lipinski definition) is 8. The zero-order valence-corrected chi connectivity index (χ0v) is 9.52. The van der Waals surface area contributed by atoms with Crippen molar-refractivity contribution in [3.8, 4) is 0 Å². The lowest BCUT2D eigenvalue weighted by Crippen LogP contribution is -2.34. The zero-order valence-electron chi connectivity index (χ0n) is 8.63. The molecule has 9 nitrogen and oxygen atoms in total. The van der Waals surface area contributed by atoms with Crippen LogP contribution in [0, 0.1) is 5.41 Å². The van der Waals surface area contributed by atoms with Gasteiger partial charge in [0.15, 0.2) is 5.96 Å². The number of nitrogens with one attached hydrogen (secondary N) is 2. The Hall–Kier alpha value is -0.990. The summed E-state index contributed by atoms with van der Waals surface area (Å²) in [5.74, 6) is -1.11. The third kappa shape index (κ3) is 18.7. The molecule has 11 N–H and O–H groups in total. The maximum absolute atomic E-state index is 10.2. The molecule has 0 fully saturated rings. The van der Waals surface area contributed by atoms with Gasteiger partial charge in [-0.2, -0.15) is 0 Å². The molecule has 0 saturated carbocycles. The fraction of sp³-hybridized carbons (Fsp3) is 0.667. The fourth-order valence-electron chi connectivity index (χ4n) is 0.669. The second kappa shape index (κ2) is 10.5. The molecule has 0 aliphatic heterocycles. The van der Waals surface area contributed by atoms with Gasteiger partial charge in [-0.1, -0.05) is 0 Å². The van der Waals surface area contributed by atoms with Gasteiger partial charge in [-0.25, -0.2) is 0 Å². The number of nitrogens with two attached hydrogens (primary N) is 3. The number of rotatable bonds is 5. The van der Waals surface area contributed by atoms with Gasteiger partial charge < -0.3 is 31.7 Å². The molecule has 0 aromatic rings. The predicted molar refractivity (Wildman–Crippen MR) is 60.3 cm³/mol. The first-order valence-corrected chi connectivity index (χ1v) is 5.57. The molecule has 0 heterocycles. The van der Waals surface area contributed by atoms with Gasteiger partial charge in [-0.15, -0.1) is 0 Å². The normalized spacial score (nSPS) is 11.3. The lowest BCUT2D eigenvalue weighted by Gasteiger charge is -2.06. The van der Waals surface area contributed by atoms with Crippen LogP contribution in [0.3, 0.4) is 0 Å². The van der Waals surface area contributed by atoms with Crippen molar-refractivity contribution in [1.29, 1.82) is 5.41 Å². The molecule has 0 unspecified atom stereocenters. The summed E-state index contributed by atoms with van der Waals surface area (Å²) >= 11 is 0. The molecule has 0 rings (SSSR count). The van der Waals surface area contributed by atoms with Crippen LogP contribution in [-0.2, 0) is 4.79 Å². The fourth-order valence-corrected chi connectivity index (χ4v) is 0.669. The predicted octanol–water partition coefficient (Wildman–Crippen LogP) is -2.18. The van der Waals surface area contributed by atoms with Gasteiger partial charge in [-0.05, 0) is 12.8 Å². The molecule has 0 radical (unpaired) electrons. The zero-order chi connectivity index (χ0) is 13.1. The van der Waals surface area contributed by atoms with E-state index >= 15 is 0 Å². The Kier molecular flexibility index (Phi) is 11.5. The van der Waals surface area contributed by atoms with Crippen LogP contribution in [0.1, 0.15) is 12.8 Å². The van der Waals surface area contributed by atoms with Crippen LogP contribution in [0.2, 0.25) is 0 Å². The van der Waals surface area contributed by atoms with Crippen molar-refractivity contribution in [3.63, 3.8) is 0 Å². The Morgan fingerprint density at radius 3 is 2.25 bits per heavy atom. The van der Waals surface area contributed by atoms with Gasteiger partial charge in [0.1, 0.15) is 6.04 Å². The number of carboxylic acids is 1. The van der Waals surface area contributed by atoms with Gasteiger partial charge in [0.25, 0.3) is 0 Å². The van der Waals surface area contributed by atoms with E-state index in [4.69, 9.17) is 31.8 Å². The van der Waals surface area contributed by atoms with Crippen LogP contribution in [-0.4, -0.2) is 39.4 Å². The summed E-state index contributed by atoms with van der Waals surface area (Å²) < 4.78 is 0. The van der Waals surface area contributed by atoms with E-state index in [0.29, 0.717) is 19.4 Å². The highest BCUT2D eigenvalue weighted by Crippen LogP contribution is 2.05. The first kappa shape index (κ1) is 17.4. The van der Waals surface area contributed by atoms with E-state index in [1.165, 1.54) is 0 Å². The first-order valence-electron chi connectivity index (χ1n) is 4.26. The molecule has 0 aliphatic carbocycles. The Labute approximate surface area is 94.1 Å². The molecule has 0 saturated heterocycles. The SMILES string of the molecule is N=C(N)NCCC[C@H](N)C(=O)O.NP(O)O. The minimum Gasteiger partial charge on any atom is -0.480 e. The Bertz CT molecular complexity index is 212. The molecule has 96 valence electrons. The van der Waals surface area contributed by atoms with E-state index < -0.39 is 20.5 Å². The molecule has 0 aromatic heterocycles. The van der Waals surface area contributed by atoms with Crippen molar-refractivity contribution in [3.05, 3.63) is 0 Å². The van der Waals surface area contributed by atoms with Crippen molar-refractivity contribution in [2.24, 2.45) is 17.0 Å². The molecule has 1 atom stereocenters. The molecule has 0 aromatic carbocycles. The Balaban J connectivity index is 0. The van der Waals surface area contributed by atoms with Gasteiger partial charge in [-0.3, -0.25) is 15.7 Å². The summed E-state index contributed by atoms with van der Waals surface area (Å²) in [6, 6.07) is -0.821. The second-order valence-electron chi connectivity index (χ2n) is 2.75. The third-order valence-corrected chi connectivity index (χ3v) is 1.32. The minimum absolute atomic E-state index is 0.112. The molecular weight excluding hydrogens is 237 g/mol.